The van der Waals surface area contributed by atoms with Crippen LogP contribution in [0.4, 0.5) is 0 Å². The fourth-order valence-electron chi connectivity index (χ4n) is 3.20. The summed E-state index contributed by atoms with van der Waals surface area (Å²) >= 11 is 0. The van der Waals surface area contributed by atoms with Crippen LogP contribution in [0.15, 0.2) is 18.5 Å². The summed E-state index contributed by atoms with van der Waals surface area (Å²) in [5.41, 5.74) is 3.60. The molecular weight excluding hydrogens is 262 g/mol. The van der Waals surface area contributed by atoms with Crippen molar-refractivity contribution in [1.82, 2.24) is 24.9 Å². The molecule has 0 aliphatic heterocycles. The van der Waals surface area contributed by atoms with Crippen LogP contribution in [0, 0.1) is 0 Å². The van der Waals surface area contributed by atoms with Crippen molar-refractivity contribution in [3.63, 3.8) is 0 Å². The lowest BCUT2D eigenvalue weighted by Crippen LogP contribution is -2.14. The quantitative estimate of drug-likeness (QED) is 0.888. The minimum absolute atomic E-state index is 0.628. The van der Waals surface area contributed by atoms with Crippen molar-refractivity contribution < 1.29 is 0 Å². The zero-order valence-electron chi connectivity index (χ0n) is 13.0. The van der Waals surface area contributed by atoms with Gasteiger partial charge in [0.1, 0.15) is 0 Å². The number of aryl methyl sites for hydroxylation is 2. The van der Waals surface area contributed by atoms with E-state index in [1.807, 2.05) is 11.7 Å². The minimum atomic E-state index is 0.628. The van der Waals surface area contributed by atoms with Crippen molar-refractivity contribution in [2.75, 3.05) is 0 Å². The number of hydrogen-bond donors (Lipinski definition) is 1. The molecule has 2 aromatic heterocycles. The Morgan fingerprint density at radius 2 is 2.05 bits per heavy atom. The van der Waals surface area contributed by atoms with Gasteiger partial charge >= 0.3 is 0 Å². The second-order valence-electron chi connectivity index (χ2n) is 5.96. The molecule has 1 aliphatic rings. The van der Waals surface area contributed by atoms with E-state index in [9.17, 15) is 0 Å². The molecule has 3 rings (SSSR count). The van der Waals surface area contributed by atoms with E-state index in [1.54, 1.807) is 0 Å². The summed E-state index contributed by atoms with van der Waals surface area (Å²) in [5, 5.41) is 12.7. The van der Waals surface area contributed by atoms with E-state index in [0.717, 1.165) is 25.2 Å². The van der Waals surface area contributed by atoms with Crippen LogP contribution in [0.5, 0.6) is 0 Å². The van der Waals surface area contributed by atoms with Gasteiger partial charge in [-0.3, -0.25) is 9.36 Å². The molecule has 1 N–H and O–H groups in total. The molecule has 1 fully saturated rings. The van der Waals surface area contributed by atoms with Crippen LogP contribution in [0.25, 0.3) is 0 Å². The summed E-state index contributed by atoms with van der Waals surface area (Å²) in [5.74, 6) is 0. The Morgan fingerprint density at radius 1 is 1.24 bits per heavy atom. The van der Waals surface area contributed by atoms with E-state index in [0.29, 0.717) is 6.04 Å². The van der Waals surface area contributed by atoms with Gasteiger partial charge in [0.15, 0.2) is 0 Å². The average molecular weight is 287 g/mol. The first-order valence-electron chi connectivity index (χ1n) is 8.02. The van der Waals surface area contributed by atoms with E-state index in [1.165, 1.54) is 36.9 Å². The first-order valence-corrected chi connectivity index (χ1v) is 8.02. The van der Waals surface area contributed by atoms with E-state index >= 15 is 0 Å². The lowest BCUT2D eigenvalue weighted by molar-refractivity contribution is 0.460. The molecule has 5 heteroatoms. The third-order valence-corrected chi connectivity index (χ3v) is 4.31. The molecule has 0 aromatic carbocycles. The van der Waals surface area contributed by atoms with Gasteiger partial charge in [0.05, 0.1) is 17.4 Å². The van der Waals surface area contributed by atoms with Gasteiger partial charge in [0, 0.05) is 38.1 Å². The molecule has 0 atom stereocenters. The van der Waals surface area contributed by atoms with Crippen LogP contribution in [0.3, 0.4) is 0 Å². The van der Waals surface area contributed by atoms with Gasteiger partial charge in [0.2, 0.25) is 0 Å². The molecule has 1 saturated carbocycles. The van der Waals surface area contributed by atoms with E-state index in [2.05, 4.69) is 40.5 Å². The maximum atomic E-state index is 4.70. The maximum Gasteiger partial charge on any atom is 0.0762 e. The molecule has 114 valence electrons. The highest BCUT2D eigenvalue weighted by Crippen LogP contribution is 2.28. The predicted molar refractivity (Wildman–Crippen MR) is 82.9 cm³/mol. The fraction of sp³-hybridized carbons (Fsp3) is 0.625. The van der Waals surface area contributed by atoms with Crippen LogP contribution in [-0.4, -0.2) is 19.6 Å². The van der Waals surface area contributed by atoms with Gasteiger partial charge in [-0.05, 0) is 25.3 Å². The standard InChI is InChI=1S/C16H25N5/c1-3-16-13(12-20(2)19-16)10-17-11-14-8-9-21(18-14)15-6-4-5-7-15/h8-9,12,15,17H,3-7,10-11H2,1-2H3. The Morgan fingerprint density at radius 3 is 2.81 bits per heavy atom. The van der Waals surface area contributed by atoms with Crippen LogP contribution in [0.1, 0.15) is 55.6 Å². The Balaban J connectivity index is 1.53. The molecule has 1 aliphatic carbocycles. The molecular formula is C16H25N5. The second kappa shape index (κ2) is 6.43. The highest BCUT2D eigenvalue weighted by Gasteiger charge is 2.17. The van der Waals surface area contributed by atoms with Crippen molar-refractivity contribution in [1.29, 1.82) is 0 Å². The first-order chi connectivity index (χ1) is 10.3. The molecule has 0 unspecified atom stereocenters. The molecule has 0 bridgehead atoms. The molecule has 0 spiro atoms. The minimum Gasteiger partial charge on any atom is -0.307 e. The van der Waals surface area contributed by atoms with Crippen LogP contribution in [0.2, 0.25) is 0 Å². The van der Waals surface area contributed by atoms with Crippen molar-refractivity contribution in [3.8, 4) is 0 Å². The molecule has 5 nitrogen and oxygen atoms in total. The summed E-state index contributed by atoms with van der Waals surface area (Å²) in [4.78, 5) is 0. The lowest BCUT2D eigenvalue weighted by Gasteiger charge is -2.09. The average Bonchev–Trinajstić information content (AvgIpc) is 3.18. The van der Waals surface area contributed by atoms with E-state index in [-0.39, 0.29) is 0 Å². The van der Waals surface area contributed by atoms with Gasteiger partial charge in [-0.2, -0.15) is 10.2 Å². The zero-order chi connectivity index (χ0) is 14.7. The summed E-state index contributed by atoms with van der Waals surface area (Å²) in [6.07, 6.45) is 10.5. The second-order valence-corrected chi connectivity index (χ2v) is 5.96. The SMILES string of the molecule is CCc1nn(C)cc1CNCc1ccn(C2CCCC2)n1. The Labute approximate surface area is 126 Å². The molecule has 21 heavy (non-hydrogen) atoms. The van der Waals surface area contributed by atoms with Gasteiger partial charge in [0.25, 0.3) is 0 Å². The van der Waals surface area contributed by atoms with Crippen molar-refractivity contribution in [2.24, 2.45) is 7.05 Å². The summed E-state index contributed by atoms with van der Waals surface area (Å²) < 4.78 is 4.05. The normalized spacial score (nSPS) is 15.9. The van der Waals surface area contributed by atoms with Gasteiger partial charge in [-0.15, -0.1) is 0 Å². The summed E-state index contributed by atoms with van der Waals surface area (Å²) in [6.45, 7) is 3.82. The smallest absolute Gasteiger partial charge is 0.0762 e. The van der Waals surface area contributed by atoms with E-state index in [4.69, 9.17) is 5.10 Å². The van der Waals surface area contributed by atoms with Crippen molar-refractivity contribution in [3.05, 3.63) is 35.4 Å². The molecule has 2 aromatic rings. The summed E-state index contributed by atoms with van der Waals surface area (Å²) in [6, 6.07) is 2.76. The third kappa shape index (κ3) is 3.35. The first kappa shape index (κ1) is 14.3. The number of hydrogen-bond acceptors (Lipinski definition) is 3. The Bertz CT molecular complexity index is 577. The van der Waals surface area contributed by atoms with Gasteiger partial charge in [-0.25, -0.2) is 0 Å². The third-order valence-electron chi connectivity index (χ3n) is 4.31. The fourth-order valence-corrected chi connectivity index (χ4v) is 3.20. The van der Waals surface area contributed by atoms with Crippen LogP contribution >= 0.6 is 0 Å². The van der Waals surface area contributed by atoms with Crippen LogP contribution < -0.4 is 5.32 Å². The molecule has 2 heterocycles. The predicted octanol–water partition coefficient (Wildman–Crippen LogP) is 2.58. The van der Waals surface area contributed by atoms with Crippen LogP contribution in [-0.2, 0) is 26.6 Å². The monoisotopic (exact) mass is 287 g/mol. The summed E-state index contributed by atoms with van der Waals surface area (Å²) in [7, 11) is 1.98. The maximum absolute atomic E-state index is 4.70. The molecule has 0 saturated heterocycles. The molecule has 0 radical (unpaired) electrons. The Hall–Kier alpha value is -1.62. The highest BCUT2D eigenvalue weighted by atomic mass is 15.3. The topological polar surface area (TPSA) is 47.7 Å². The van der Waals surface area contributed by atoms with Gasteiger partial charge in [-0.1, -0.05) is 19.8 Å². The highest BCUT2D eigenvalue weighted by molar-refractivity contribution is 5.16. The van der Waals surface area contributed by atoms with Gasteiger partial charge < -0.3 is 5.32 Å². The molecule has 0 amide bonds. The van der Waals surface area contributed by atoms with Crippen molar-refractivity contribution >= 4 is 0 Å². The van der Waals surface area contributed by atoms with Crippen molar-refractivity contribution in [2.45, 2.75) is 58.2 Å². The number of nitrogens with one attached hydrogen (secondary N) is 1. The number of rotatable bonds is 6. The zero-order valence-corrected chi connectivity index (χ0v) is 13.0. The van der Waals surface area contributed by atoms with E-state index < -0.39 is 0 Å². The number of nitrogens with zero attached hydrogens (tertiary/aromatic N) is 4. The number of aromatic nitrogens is 4. The Kier molecular flexibility index (Phi) is 4.39. The lowest BCUT2D eigenvalue weighted by atomic mass is 10.2. The largest absolute Gasteiger partial charge is 0.307 e.